The van der Waals surface area contributed by atoms with E-state index in [4.69, 9.17) is 19.5 Å². The minimum absolute atomic E-state index is 0.238. The molecule has 5 rings (SSSR count). The van der Waals surface area contributed by atoms with Crippen LogP contribution in [0.4, 0.5) is 10.8 Å². The van der Waals surface area contributed by atoms with Gasteiger partial charge in [0.25, 0.3) is 5.91 Å². The number of amidine groups is 1. The second kappa shape index (κ2) is 9.23. The number of thiazole rings is 1. The van der Waals surface area contributed by atoms with Gasteiger partial charge in [0.05, 0.1) is 14.2 Å². The van der Waals surface area contributed by atoms with Crippen LogP contribution in [-0.4, -0.2) is 45.0 Å². The summed E-state index contributed by atoms with van der Waals surface area (Å²) < 4.78 is 11.8. The maximum absolute atomic E-state index is 13.7. The third-order valence-electron chi connectivity index (χ3n) is 5.70. The normalized spacial score (nSPS) is 14.5. The van der Waals surface area contributed by atoms with E-state index in [9.17, 15) is 4.79 Å². The van der Waals surface area contributed by atoms with Gasteiger partial charge in [-0.2, -0.15) is 0 Å². The molecule has 1 aliphatic heterocycles. The summed E-state index contributed by atoms with van der Waals surface area (Å²) in [5.74, 6) is 1.58. The van der Waals surface area contributed by atoms with E-state index in [2.05, 4.69) is 0 Å². The van der Waals surface area contributed by atoms with Crippen LogP contribution < -0.4 is 19.3 Å². The summed E-state index contributed by atoms with van der Waals surface area (Å²) in [5, 5.41) is 0.502. The lowest BCUT2D eigenvalue weighted by Crippen LogP contribution is -2.32. The van der Waals surface area contributed by atoms with E-state index in [0.717, 1.165) is 21.5 Å². The standard InChI is InChI=1S/C27H24N4O3S/c1-30(2)19-12-10-17(11-13-19)16-20-26(32)31(25(28-20)18-8-6-5-7-9-18)27-29-23-21(33-3)14-15-22(34-4)24(23)35-27/h5-16H,1-4H3. The summed E-state index contributed by atoms with van der Waals surface area (Å²) in [7, 11) is 7.19. The lowest BCUT2D eigenvalue weighted by molar-refractivity contribution is -0.113. The Morgan fingerprint density at radius 3 is 2.26 bits per heavy atom. The summed E-state index contributed by atoms with van der Waals surface area (Å²) in [4.78, 5) is 26.8. The second-order valence-corrected chi connectivity index (χ2v) is 9.08. The fraction of sp³-hybridized carbons (Fsp3) is 0.148. The predicted molar refractivity (Wildman–Crippen MR) is 142 cm³/mol. The van der Waals surface area contributed by atoms with E-state index in [1.54, 1.807) is 25.2 Å². The third-order valence-corrected chi connectivity index (χ3v) is 6.75. The highest BCUT2D eigenvalue weighted by Gasteiger charge is 2.35. The van der Waals surface area contributed by atoms with E-state index >= 15 is 0 Å². The molecular weight excluding hydrogens is 460 g/mol. The second-order valence-electron chi connectivity index (χ2n) is 8.10. The number of methoxy groups -OCH3 is 2. The lowest BCUT2D eigenvalue weighted by atomic mass is 10.1. The zero-order valence-electron chi connectivity index (χ0n) is 19.9. The average molecular weight is 485 g/mol. The number of aromatic nitrogens is 1. The van der Waals surface area contributed by atoms with Crippen molar-refractivity contribution in [2.75, 3.05) is 38.1 Å². The monoisotopic (exact) mass is 484 g/mol. The molecule has 1 aliphatic rings. The molecule has 2 heterocycles. The van der Waals surface area contributed by atoms with Crippen molar-refractivity contribution in [3.05, 3.63) is 83.6 Å². The highest BCUT2D eigenvalue weighted by Crippen LogP contribution is 2.41. The van der Waals surface area contributed by atoms with E-state index in [1.165, 1.54) is 11.3 Å². The highest BCUT2D eigenvalue weighted by atomic mass is 32.1. The largest absolute Gasteiger partial charge is 0.495 e. The van der Waals surface area contributed by atoms with Gasteiger partial charge in [-0.25, -0.2) is 14.9 Å². The number of benzene rings is 3. The van der Waals surface area contributed by atoms with Crippen LogP contribution in [0.3, 0.4) is 0 Å². The number of hydrogen-bond donors (Lipinski definition) is 0. The van der Waals surface area contributed by atoms with Crippen LogP contribution >= 0.6 is 11.3 Å². The summed E-state index contributed by atoms with van der Waals surface area (Å²) in [6.07, 6.45) is 1.80. The molecule has 1 aromatic heterocycles. The van der Waals surface area contributed by atoms with Gasteiger partial charge in [-0.15, -0.1) is 0 Å². The third kappa shape index (κ3) is 4.13. The number of hydrogen-bond acceptors (Lipinski definition) is 7. The fourth-order valence-electron chi connectivity index (χ4n) is 3.87. The molecule has 0 saturated heterocycles. The zero-order chi connectivity index (χ0) is 24.5. The number of fused-ring (bicyclic) bond motifs is 1. The number of ether oxygens (including phenoxy) is 2. The number of aliphatic imine (C=N–C) groups is 1. The predicted octanol–water partition coefficient (Wildman–Crippen LogP) is 5.21. The van der Waals surface area contributed by atoms with Crippen LogP contribution in [0.2, 0.25) is 0 Å². The van der Waals surface area contributed by atoms with Crippen LogP contribution in [0.5, 0.6) is 11.5 Å². The van der Waals surface area contributed by atoms with Crippen LogP contribution in [0.1, 0.15) is 11.1 Å². The maximum atomic E-state index is 13.7. The number of nitrogens with zero attached hydrogens (tertiary/aromatic N) is 4. The first-order valence-electron chi connectivity index (χ1n) is 11.0. The Morgan fingerprint density at radius 2 is 1.60 bits per heavy atom. The van der Waals surface area contributed by atoms with Crippen molar-refractivity contribution in [3.8, 4) is 11.5 Å². The molecule has 7 nitrogen and oxygen atoms in total. The van der Waals surface area contributed by atoms with Crippen LogP contribution in [0.15, 0.2) is 77.4 Å². The molecular formula is C27H24N4O3S. The first-order valence-corrected chi connectivity index (χ1v) is 11.8. The van der Waals surface area contributed by atoms with Crippen molar-refractivity contribution in [1.29, 1.82) is 0 Å². The first kappa shape index (κ1) is 22.6. The molecule has 8 heteroatoms. The molecule has 4 aromatic rings. The molecule has 0 fully saturated rings. The SMILES string of the molecule is COc1ccc(OC)c2sc(N3C(=O)C(=Cc4ccc(N(C)C)cc4)N=C3c3ccccc3)nc12. The Balaban J connectivity index is 1.62. The van der Waals surface area contributed by atoms with Crippen molar-refractivity contribution in [1.82, 2.24) is 4.98 Å². The van der Waals surface area contributed by atoms with Gasteiger partial charge >= 0.3 is 0 Å². The van der Waals surface area contributed by atoms with Gasteiger partial charge in [-0.1, -0.05) is 53.8 Å². The molecule has 0 aliphatic carbocycles. The fourth-order valence-corrected chi connectivity index (χ4v) is 4.95. The van der Waals surface area contributed by atoms with Gasteiger partial charge in [0.1, 0.15) is 33.2 Å². The topological polar surface area (TPSA) is 67.3 Å². The number of amides is 1. The summed E-state index contributed by atoms with van der Waals surface area (Å²) >= 11 is 1.37. The van der Waals surface area contributed by atoms with Gasteiger partial charge in [0, 0.05) is 25.3 Å². The molecule has 0 bridgehead atoms. The van der Waals surface area contributed by atoms with Crippen LogP contribution in [-0.2, 0) is 4.79 Å². The maximum Gasteiger partial charge on any atom is 0.284 e. The van der Waals surface area contributed by atoms with E-state index in [-0.39, 0.29) is 5.91 Å². The van der Waals surface area contributed by atoms with Crippen molar-refractivity contribution < 1.29 is 14.3 Å². The molecule has 0 spiro atoms. The molecule has 0 N–H and O–H groups in total. The quantitative estimate of drug-likeness (QED) is 0.351. The van der Waals surface area contributed by atoms with E-state index in [1.807, 2.05) is 85.7 Å². The highest BCUT2D eigenvalue weighted by molar-refractivity contribution is 7.23. The smallest absolute Gasteiger partial charge is 0.284 e. The molecule has 176 valence electrons. The molecule has 0 unspecified atom stereocenters. The Labute approximate surface area is 207 Å². The van der Waals surface area contributed by atoms with Gasteiger partial charge in [0.15, 0.2) is 5.13 Å². The minimum Gasteiger partial charge on any atom is -0.495 e. The molecule has 0 atom stereocenters. The molecule has 1 amide bonds. The Hall–Kier alpha value is -4.17. The van der Waals surface area contributed by atoms with E-state index in [0.29, 0.717) is 33.7 Å². The zero-order valence-corrected chi connectivity index (χ0v) is 20.7. The summed E-state index contributed by atoms with van der Waals surface area (Å²) in [6.45, 7) is 0. The number of carbonyl (C=O) groups excluding carboxylic acids is 1. The van der Waals surface area contributed by atoms with Gasteiger partial charge in [0.2, 0.25) is 0 Å². The summed E-state index contributed by atoms with van der Waals surface area (Å²) in [6, 6.07) is 21.3. The minimum atomic E-state index is -0.238. The average Bonchev–Trinajstić information content (AvgIpc) is 3.46. The van der Waals surface area contributed by atoms with Crippen molar-refractivity contribution in [3.63, 3.8) is 0 Å². The van der Waals surface area contributed by atoms with Crippen molar-refractivity contribution in [2.45, 2.75) is 0 Å². The van der Waals surface area contributed by atoms with Gasteiger partial charge in [-0.05, 0) is 35.9 Å². The molecule has 0 saturated carbocycles. The molecule has 3 aromatic carbocycles. The van der Waals surface area contributed by atoms with Crippen molar-refractivity contribution in [2.24, 2.45) is 4.99 Å². The van der Waals surface area contributed by atoms with Crippen LogP contribution in [0, 0.1) is 0 Å². The van der Waals surface area contributed by atoms with Gasteiger partial charge in [-0.3, -0.25) is 4.79 Å². The number of anilines is 2. The Bertz CT molecular complexity index is 1420. The number of carbonyl (C=O) groups is 1. The molecule has 0 radical (unpaired) electrons. The number of rotatable bonds is 6. The summed E-state index contributed by atoms with van der Waals surface area (Å²) in [5.41, 5.74) is 3.79. The first-order chi connectivity index (χ1) is 17.0. The molecule has 35 heavy (non-hydrogen) atoms. The Kier molecular flexibility index (Phi) is 5.96. The lowest BCUT2D eigenvalue weighted by Gasteiger charge is -2.14. The van der Waals surface area contributed by atoms with E-state index < -0.39 is 0 Å². The van der Waals surface area contributed by atoms with Crippen molar-refractivity contribution >= 4 is 50.2 Å². The van der Waals surface area contributed by atoms with Crippen LogP contribution in [0.25, 0.3) is 16.3 Å². The Morgan fingerprint density at radius 1 is 0.914 bits per heavy atom. The van der Waals surface area contributed by atoms with Gasteiger partial charge < -0.3 is 14.4 Å².